The van der Waals surface area contributed by atoms with Crippen LogP contribution in [0.4, 0.5) is 14.9 Å². The van der Waals surface area contributed by atoms with Gasteiger partial charge in [-0.15, -0.1) is 0 Å². The Morgan fingerprint density at radius 2 is 1.64 bits per heavy atom. The van der Waals surface area contributed by atoms with Gasteiger partial charge in [-0.05, 0) is 81.2 Å². The van der Waals surface area contributed by atoms with E-state index in [0.717, 1.165) is 4.90 Å². The zero-order valence-electron chi connectivity index (χ0n) is 43.1. The summed E-state index contributed by atoms with van der Waals surface area (Å²) in [5.74, 6) is -1.47. The number of pyridine rings is 3. The van der Waals surface area contributed by atoms with Gasteiger partial charge in [-0.1, -0.05) is 32.4 Å². The van der Waals surface area contributed by atoms with Crippen molar-refractivity contribution < 1.29 is 57.2 Å². The minimum atomic E-state index is -1.27. The van der Waals surface area contributed by atoms with E-state index in [0.29, 0.717) is 129 Å². The molecule has 4 aromatic rings. The Morgan fingerprint density at radius 1 is 0.908 bits per heavy atom. The number of aliphatic hydroxyl groups is 1. The number of hydrogen-bond donors (Lipinski definition) is 6. The molecule has 0 aliphatic carbocycles. The quantitative estimate of drug-likeness (QED) is 0.0298. The largest absolute Gasteiger partial charge is 0.486 e. The number of imide groups is 1. The van der Waals surface area contributed by atoms with E-state index in [-0.39, 0.29) is 68.8 Å². The number of nitrogens with one attached hydrogen (secondary N) is 4. The molecule has 3 atom stereocenters. The molecule has 1 unspecified atom stereocenters. The van der Waals surface area contributed by atoms with Gasteiger partial charge in [0, 0.05) is 74.2 Å². The Hall–Kier alpha value is -7.34. The van der Waals surface area contributed by atoms with Crippen LogP contribution in [0.15, 0.2) is 67.0 Å². The lowest BCUT2D eigenvalue weighted by Gasteiger charge is -2.38. The lowest BCUT2D eigenvalue weighted by Crippen LogP contribution is -2.54. The van der Waals surface area contributed by atoms with Crippen molar-refractivity contribution in [2.75, 3.05) is 58.4 Å². The molecule has 6 heterocycles. The zero-order valence-corrected chi connectivity index (χ0v) is 43.1. The van der Waals surface area contributed by atoms with E-state index in [1.165, 1.54) is 25.5 Å². The van der Waals surface area contributed by atoms with Crippen LogP contribution in [-0.2, 0) is 48.3 Å². The SMILES string of the molecule is COc1ccc2ncc(F)c(CCN3CCC(N(Cc4cc5c(cn4)OCCO5)C(=O)OCc4ccc(NC(=O)[C@H](CCCNC(N)O)NC(=O)[C@@H](NC(=O)CCCCCN5C(=O)C=CC5=O)C(C)C)cc4)CC3)c2n1. The van der Waals surface area contributed by atoms with Crippen LogP contribution in [-0.4, -0.2) is 148 Å². The number of unbranched alkanes of at least 4 members (excludes halogenated alkanes) is 2. The lowest BCUT2D eigenvalue weighted by atomic mass is 10.0. The van der Waals surface area contributed by atoms with Gasteiger partial charge in [0.2, 0.25) is 23.6 Å². The molecule has 3 aliphatic heterocycles. The van der Waals surface area contributed by atoms with Crippen LogP contribution >= 0.6 is 0 Å². The predicted octanol–water partition coefficient (Wildman–Crippen LogP) is 3.44. The first-order valence-electron chi connectivity index (χ1n) is 25.7. The fourth-order valence-electron chi connectivity index (χ4n) is 9.14. The number of ether oxygens (including phenoxy) is 4. The molecule has 0 spiro atoms. The van der Waals surface area contributed by atoms with Crippen molar-refractivity contribution in [1.82, 2.24) is 45.6 Å². The normalized spacial score (nSPS) is 15.9. The highest BCUT2D eigenvalue weighted by Crippen LogP contribution is 2.31. The summed E-state index contributed by atoms with van der Waals surface area (Å²) in [4.78, 5) is 96.5. The highest BCUT2D eigenvalue weighted by Gasteiger charge is 2.32. The van der Waals surface area contributed by atoms with E-state index in [4.69, 9.17) is 24.7 Å². The number of aromatic nitrogens is 3. The van der Waals surface area contributed by atoms with E-state index >= 15 is 4.39 Å². The van der Waals surface area contributed by atoms with Crippen LogP contribution in [0, 0.1) is 11.7 Å². The molecule has 22 nitrogen and oxygen atoms in total. The number of rotatable bonds is 26. The summed E-state index contributed by atoms with van der Waals surface area (Å²) in [6.45, 7) is 6.76. The molecule has 3 aliphatic rings. The Labute approximate surface area is 440 Å². The van der Waals surface area contributed by atoms with Gasteiger partial charge in [-0.2, -0.15) is 0 Å². The number of hydrogen-bond acceptors (Lipinski definition) is 17. The van der Waals surface area contributed by atoms with Crippen molar-refractivity contribution in [3.05, 3.63) is 89.6 Å². The van der Waals surface area contributed by atoms with Gasteiger partial charge in [-0.25, -0.2) is 14.2 Å². The third-order valence-electron chi connectivity index (χ3n) is 13.4. The number of amides is 6. The number of halogens is 1. The number of carbonyl (C=O) groups excluding carboxylic acids is 6. The number of benzene rings is 1. The second kappa shape index (κ2) is 27.4. The van der Waals surface area contributed by atoms with Gasteiger partial charge in [0.05, 0.1) is 42.8 Å². The molecule has 6 amide bonds. The number of fused-ring (bicyclic) bond motifs is 2. The Morgan fingerprint density at radius 3 is 2.36 bits per heavy atom. The number of nitrogens with two attached hydrogens (primary N) is 1. The number of nitrogens with zero attached hydrogens (tertiary/aromatic N) is 6. The van der Waals surface area contributed by atoms with Crippen LogP contribution in [0.2, 0.25) is 0 Å². The van der Waals surface area contributed by atoms with Crippen molar-refractivity contribution in [2.24, 2.45) is 11.7 Å². The monoisotopic (exact) mass is 1050 g/mol. The fraction of sp³-hybridized carbons (Fsp3) is 0.491. The van der Waals surface area contributed by atoms with E-state index in [9.17, 15) is 33.9 Å². The summed E-state index contributed by atoms with van der Waals surface area (Å²) in [6.07, 6.45) is 7.29. The molecule has 23 heteroatoms. The summed E-state index contributed by atoms with van der Waals surface area (Å²) in [5.41, 5.74) is 8.58. The van der Waals surface area contributed by atoms with Gasteiger partial charge < -0.3 is 44.9 Å². The highest BCUT2D eigenvalue weighted by atomic mass is 19.1. The molecule has 0 bridgehead atoms. The van der Waals surface area contributed by atoms with Crippen LogP contribution < -0.4 is 41.2 Å². The summed E-state index contributed by atoms with van der Waals surface area (Å²) in [6, 6.07) is 9.73. The molecule has 1 saturated heterocycles. The van der Waals surface area contributed by atoms with Crippen LogP contribution in [0.3, 0.4) is 0 Å². The number of aliphatic hydroxyl groups excluding tert-OH is 1. The van der Waals surface area contributed by atoms with E-state index in [1.807, 2.05) is 0 Å². The third-order valence-corrected chi connectivity index (χ3v) is 13.4. The number of likely N-dealkylation sites (tertiary alicyclic amines) is 1. The van der Waals surface area contributed by atoms with Gasteiger partial charge >= 0.3 is 6.09 Å². The van der Waals surface area contributed by atoms with Crippen molar-refractivity contribution >= 4 is 52.3 Å². The smallest absolute Gasteiger partial charge is 0.410 e. The summed E-state index contributed by atoms with van der Waals surface area (Å²) >= 11 is 0. The molecule has 7 N–H and O–H groups in total. The van der Waals surface area contributed by atoms with Crippen molar-refractivity contribution in [1.29, 1.82) is 0 Å². The first kappa shape index (κ1) is 56.4. The molecule has 408 valence electrons. The number of methoxy groups -OCH3 is 1. The molecule has 3 aromatic heterocycles. The minimum absolute atomic E-state index is 0.0828. The van der Waals surface area contributed by atoms with Crippen molar-refractivity contribution in [2.45, 2.75) is 109 Å². The van der Waals surface area contributed by atoms with Gasteiger partial charge in [0.25, 0.3) is 11.8 Å². The highest BCUT2D eigenvalue weighted by molar-refractivity contribution is 6.12. The summed E-state index contributed by atoms with van der Waals surface area (Å²) < 4.78 is 37.8. The van der Waals surface area contributed by atoms with Crippen LogP contribution in [0.5, 0.6) is 17.4 Å². The van der Waals surface area contributed by atoms with E-state index in [2.05, 4.69) is 41.1 Å². The second-order valence-corrected chi connectivity index (χ2v) is 19.2. The third kappa shape index (κ3) is 15.8. The van der Waals surface area contributed by atoms with E-state index in [1.54, 1.807) is 67.4 Å². The molecule has 0 saturated carbocycles. The molecular formula is C53H68FN11O11. The number of piperidine rings is 1. The molecule has 0 radical (unpaired) electrons. The minimum Gasteiger partial charge on any atom is -0.486 e. The van der Waals surface area contributed by atoms with Gasteiger partial charge in [0.1, 0.15) is 37.7 Å². The van der Waals surface area contributed by atoms with Crippen molar-refractivity contribution in [3.63, 3.8) is 0 Å². The maximum atomic E-state index is 15.1. The first-order valence-corrected chi connectivity index (χ1v) is 25.7. The second-order valence-electron chi connectivity index (χ2n) is 19.2. The average Bonchev–Trinajstić information content (AvgIpc) is 3.74. The van der Waals surface area contributed by atoms with Crippen LogP contribution in [0.25, 0.3) is 11.0 Å². The topological polar surface area (TPSA) is 282 Å². The molecule has 76 heavy (non-hydrogen) atoms. The van der Waals surface area contributed by atoms with E-state index < -0.39 is 42.2 Å². The molecular weight excluding hydrogens is 986 g/mol. The standard InChI is InChI=1S/C53H68FN11O11/c1-33(2)48(61-44(66)9-5-4-6-22-64-46(67)16-17-47(64)68)51(70)60-41(8-7-21-56-52(55)71)50(69)59-35-12-10-34(11-13-35)32-76-53(72)65(31-36-28-42-43(30-57-36)75-27-26-74-42)37-18-23-63(24-19-37)25-20-38-39(54)29-58-40-14-15-45(73-3)62-49(38)40/h10-17,28-30,33,37,41,48,52,56,71H,4-9,18-27,31-32,55H2,1-3H3,(H,59,69)(H,60,70)(H,61,66)/t41-,48-,52?/m0/s1. The first-order chi connectivity index (χ1) is 36.6. The lowest BCUT2D eigenvalue weighted by molar-refractivity contribution is -0.137. The average molecular weight is 1050 g/mol. The van der Waals surface area contributed by atoms with Crippen molar-refractivity contribution in [3.8, 4) is 17.4 Å². The maximum absolute atomic E-state index is 15.1. The zero-order chi connectivity index (χ0) is 54.1. The molecule has 7 rings (SSSR count). The Bertz CT molecular complexity index is 2680. The molecule has 1 aromatic carbocycles. The fourth-order valence-corrected chi connectivity index (χ4v) is 9.14. The Balaban J connectivity index is 0.936. The van der Waals surface area contributed by atoms with Gasteiger partial charge in [-0.3, -0.25) is 54.8 Å². The maximum Gasteiger partial charge on any atom is 0.410 e. The number of carbonyl (C=O) groups is 6. The summed E-state index contributed by atoms with van der Waals surface area (Å²) in [5, 5.41) is 20.6. The number of anilines is 1. The summed E-state index contributed by atoms with van der Waals surface area (Å²) in [7, 11) is 1.51. The molecule has 1 fully saturated rings. The Kier molecular flexibility index (Phi) is 20.4. The van der Waals surface area contributed by atoms with Gasteiger partial charge in [0.15, 0.2) is 17.9 Å². The predicted molar refractivity (Wildman–Crippen MR) is 276 cm³/mol. The van der Waals surface area contributed by atoms with Crippen LogP contribution in [0.1, 0.15) is 82.0 Å².